The second-order valence-electron chi connectivity index (χ2n) is 8.75. The summed E-state index contributed by atoms with van der Waals surface area (Å²) in [4.78, 5) is 28.2. The van der Waals surface area contributed by atoms with Gasteiger partial charge in [0.2, 0.25) is 11.8 Å². The van der Waals surface area contributed by atoms with Crippen LogP contribution in [0.4, 0.5) is 5.69 Å². The fraction of sp³-hybridized carbons (Fsp3) is 0.462. The van der Waals surface area contributed by atoms with Gasteiger partial charge >= 0.3 is 0 Å². The molecule has 0 saturated carbocycles. The molecule has 0 radical (unpaired) electrons. The Morgan fingerprint density at radius 1 is 1.12 bits per heavy atom. The van der Waals surface area contributed by atoms with E-state index in [0.717, 1.165) is 48.2 Å². The normalized spacial score (nSPS) is 18.9. The zero-order valence-corrected chi connectivity index (χ0v) is 19.2. The molecule has 6 heteroatoms. The van der Waals surface area contributed by atoms with Crippen molar-refractivity contribution in [1.29, 1.82) is 0 Å². The van der Waals surface area contributed by atoms with Gasteiger partial charge < -0.3 is 20.3 Å². The Balaban J connectivity index is 1.72. The molecule has 32 heavy (non-hydrogen) atoms. The largest absolute Gasteiger partial charge is 0.496 e. The number of nitrogens with zero attached hydrogens (tertiary/aromatic N) is 1. The third-order valence-electron chi connectivity index (χ3n) is 6.84. The van der Waals surface area contributed by atoms with Crippen LogP contribution in [0, 0.1) is 0 Å². The molecule has 1 aliphatic carbocycles. The SMILES string of the molecule is CNC(C)C(=O)NC1CCc2ccccc2N(Cc2c(OC)ccc3c2CCCC3)C1=O. The lowest BCUT2D eigenvalue weighted by Crippen LogP contribution is -2.52. The molecule has 2 unspecified atom stereocenters. The van der Waals surface area contributed by atoms with Crippen molar-refractivity contribution in [2.24, 2.45) is 0 Å². The van der Waals surface area contributed by atoms with Crippen LogP contribution < -0.4 is 20.3 Å². The van der Waals surface area contributed by atoms with E-state index in [4.69, 9.17) is 4.74 Å². The Hall–Kier alpha value is -2.86. The minimum absolute atomic E-state index is 0.0675. The highest BCUT2D eigenvalue weighted by atomic mass is 16.5. The van der Waals surface area contributed by atoms with Gasteiger partial charge in [-0.1, -0.05) is 24.3 Å². The number of carbonyl (C=O) groups excluding carboxylic acids is 2. The van der Waals surface area contributed by atoms with Crippen molar-refractivity contribution >= 4 is 17.5 Å². The molecule has 0 fully saturated rings. The van der Waals surface area contributed by atoms with Crippen molar-refractivity contribution in [2.75, 3.05) is 19.1 Å². The van der Waals surface area contributed by atoms with E-state index in [-0.39, 0.29) is 17.9 Å². The summed E-state index contributed by atoms with van der Waals surface area (Å²) in [6.07, 6.45) is 5.74. The van der Waals surface area contributed by atoms with Crippen LogP contribution in [-0.2, 0) is 35.4 Å². The van der Waals surface area contributed by atoms with E-state index in [0.29, 0.717) is 13.0 Å². The average Bonchev–Trinajstić information content (AvgIpc) is 2.95. The number of para-hydroxylation sites is 1. The molecular weight excluding hydrogens is 402 g/mol. The van der Waals surface area contributed by atoms with Gasteiger partial charge in [0, 0.05) is 11.3 Å². The third kappa shape index (κ3) is 4.37. The number of likely N-dealkylation sites (N-methyl/N-ethyl adjacent to an activating group) is 1. The lowest BCUT2D eigenvalue weighted by Gasteiger charge is -2.30. The van der Waals surface area contributed by atoms with Crippen LogP contribution in [0.15, 0.2) is 36.4 Å². The molecule has 2 atom stereocenters. The first-order valence-corrected chi connectivity index (χ1v) is 11.6. The first kappa shape index (κ1) is 22.3. The summed E-state index contributed by atoms with van der Waals surface area (Å²) in [5, 5.41) is 5.93. The van der Waals surface area contributed by atoms with Crippen molar-refractivity contribution < 1.29 is 14.3 Å². The zero-order valence-electron chi connectivity index (χ0n) is 19.2. The molecule has 0 spiro atoms. The summed E-state index contributed by atoms with van der Waals surface area (Å²) < 4.78 is 5.73. The van der Waals surface area contributed by atoms with E-state index in [1.165, 1.54) is 17.5 Å². The van der Waals surface area contributed by atoms with Crippen molar-refractivity contribution in [2.45, 2.75) is 64.1 Å². The zero-order chi connectivity index (χ0) is 22.7. The number of rotatable bonds is 6. The van der Waals surface area contributed by atoms with Crippen LogP contribution >= 0.6 is 0 Å². The monoisotopic (exact) mass is 435 g/mol. The molecule has 4 rings (SSSR count). The number of nitrogens with one attached hydrogen (secondary N) is 2. The van der Waals surface area contributed by atoms with Gasteiger partial charge in [-0.15, -0.1) is 0 Å². The summed E-state index contributed by atoms with van der Waals surface area (Å²) in [5.41, 5.74) is 5.81. The van der Waals surface area contributed by atoms with E-state index in [1.807, 2.05) is 29.2 Å². The molecule has 0 aromatic heterocycles. The number of fused-ring (bicyclic) bond motifs is 2. The fourth-order valence-electron chi connectivity index (χ4n) is 4.85. The van der Waals surface area contributed by atoms with Gasteiger partial charge in [0.25, 0.3) is 0 Å². The standard InChI is InChI=1S/C26H33N3O3/c1-17(27-2)25(30)28-22-14-12-19-9-5-7-11-23(19)29(26(22)31)16-21-20-10-6-4-8-18(20)13-15-24(21)32-3/h5,7,9,11,13,15,17,22,27H,4,6,8,10,12,14,16H2,1-3H3,(H,28,30). The highest BCUT2D eigenvalue weighted by Crippen LogP contribution is 2.35. The predicted molar refractivity (Wildman–Crippen MR) is 126 cm³/mol. The second kappa shape index (κ2) is 9.74. The summed E-state index contributed by atoms with van der Waals surface area (Å²) >= 11 is 0. The molecule has 170 valence electrons. The molecule has 1 heterocycles. The molecule has 2 aliphatic rings. The van der Waals surface area contributed by atoms with Gasteiger partial charge in [0.1, 0.15) is 11.8 Å². The number of methoxy groups -OCH3 is 1. The van der Waals surface area contributed by atoms with Crippen LogP contribution in [-0.4, -0.2) is 38.1 Å². The van der Waals surface area contributed by atoms with Crippen molar-refractivity contribution in [3.8, 4) is 5.75 Å². The maximum Gasteiger partial charge on any atom is 0.249 e. The van der Waals surface area contributed by atoms with Crippen LogP contribution in [0.2, 0.25) is 0 Å². The lowest BCUT2D eigenvalue weighted by molar-refractivity contribution is -0.128. The Morgan fingerprint density at radius 3 is 2.69 bits per heavy atom. The minimum Gasteiger partial charge on any atom is -0.496 e. The second-order valence-corrected chi connectivity index (χ2v) is 8.75. The molecule has 0 bridgehead atoms. The lowest BCUT2D eigenvalue weighted by atomic mass is 9.87. The number of anilines is 1. The first-order valence-electron chi connectivity index (χ1n) is 11.6. The molecule has 6 nitrogen and oxygen atoms in total. The van der Waals surface area contributed by atoms with Gasteiger partial charge in [-0.2, -0.15) is 0 Å². The number of benzene rings is 2. The van der Waals surface area contributed by atoms with Crippen LogP contribution in [0.1, 0.15) is 48.4 Å². The summed E-state index contributed by atoms with van der Waals surface area (Å²) in [6, 6.07) is 11.3. The third-order valence-corrected chi connectivity index (χ3v) is 6.84. The highest BCUT2D eigenvalue weighted by molar-refractivity contribution is 6.01. The number of carbonyl (C=O) groups is 2. The van der Waals surface area contributed by atoms with Gasteiger partial charge in [-0.3, -0.25) is 9.59 Å². The molecule has 2 N–H and O–H groups in total. The molecule has 2 amide bonds. The van der Waals surface area contributed by atoms with E-state index in [9.17, 15) is 9.59 Å². The predicted octanol–water partition coefficient (Wildman–Crippen LogP) is 3.15. The van der Waals surface area contributed by atoms with Gasteiger partial charge in [0.15, 0.2) is 0 Å². The van der Waals surface area contributed by atoms with Crippen molar-refractivity contribution in [3.63, 3.8) is 0 Å². The number of ether oxygens (including phenoxy) is 1. The summed E-state index contributed by atoms with van der Waals surface area (Å²) in [5.74, 6) is 0.595. The Morgan fingerprint density at radius 2 is 1.91 bits per heavy atom. The van der Waals surface area contributed by atoms with Crippen molar-refractivity contribution in [3.05, 3.63) is 58.7 Å². The topological polar surface area (TPSA) is 70.7 Å². The molecule has 2 aromatic rings. The van der Waals surface area contributed by atoms with E-state index in [1.54, 1.807) is 21.1 Å². The Bertz CT molecular complexity index is 1000. The average molecular weight is 436 g/mol. The molecule has 1 aliphatic heterocycles. The van der Waals surface area contributed by atoms with Gasteiger partial charge in [-0.25, -0.2) is 0 Å². The maximum atomic E-state index is 13.8. The van der Waals surface area contributed by atoms with Crippen LogP contribution in [0.25, 0.3) is 0 Å². The Labute approximate surface area is 190 Å². The number of hydrogen-bond donors (Lipinski definition) is 2. The quantitative estimate of drug-likeness (QED) is 0.731. The number of amides is 2. The van der Waals surface area contributed by atoms with E-state index in [2.05, 4.69) is 22.8 Å². The maximum absolute atomic E-state index is 13.8. The fourth-order valence-corrected chi connectivity index (χ4v) is 4.85. The van der Waals surface area contributed by atoms with Crippen LogP contribution in [0.5, 0.6) is 5.75 Å². The Kier molecular flexibility index (Phi) is 6.80. The number of aryl methyl sites for hydroxylation is 2. The summed E-state index contributed by atoms with van der Waals surface area (Å²) in [6.45, 7) is 2.24. The molecular formula is C26H33N3O3. The first-order chi connectivity index (χ1) is 15.5. The van der Waals surface area contributed by atoms with Crippen LogP contribution in [0.3, 0.4) is 0 Å². The molecule has 0 saturated heterocycles. The number of hydrogen-bond acceptors (Lipinski definition) is 4. The highest BCUT2D eigenvalue weighted by Gasteiger charge is 2.33. The van der Waals surface area contributed by atoms with Gasteiger partial charge in [-0.05, 0) is 81.3 Å². The minimum atomic E-state index is -0.559. The molecule has 2 aromatic carbocycles. The van der Waals surface area contributed by atoms with Crippen molar-refractivity contribution in [1.82, 2.24) is 10.6 Å². The smallest absolute Gasteiger partial charge is 0.249 e. The van der Waals surface area contributed by atoms with E-state index < -0.39 is 6.04 Å². The summed E-state index contributed by atoms with van der Waals surface area (Å²) in [7, 11) is 3.43. The van der Waals surface area contributed by atoms with E-state index >= 15 is 0 Å². The van der Waals surface area contributed by atoms with Gasteiger partial charge in [0.05, 0.1) is 19.7 Å².